The minimum absolute atomic E-state index is 0.233. The maximum atomic E-state index is 13.9. The fourth-order valence-corrected chi connectivity index (χ4v) is 3.53. The molecule has 1 N–H and O–H groups in total. The first kappa shape index (κ1) is 17.7. The number of carboxylic acid groups (broad SMARTS) is 1. The largest absolute Gasteiger partial charge is 0.465 e. The Bertz CT molecular complexity index is 784. The minimum Gasteiger partial charge on any atom is -0.465 e. The van der Waals surface area contributed by atoms with Crippen LogP contribution in [-0.4, -0.2) is 42.8 Å². The minimum atomic E-state index is -1.08. The SMILES string of the molecule is CN1CC[C@@H](CN(C(=O)O)c2cc(F)ccc2-c2cccc(Cl)c2)C1. The smallest absolute Gasteiger partial charge is 0.411 e. The number of halogens is 2. The molecule has 2 aromatic carbocycles. The molecule has 132 valence electrons. The molecule has 0 unspecified atom stereocenters. The van der Waals surface area contributed by atoms with Crippen LogP contribution in [0.25, 0.3) is 11.1 Å². The van der Waals surface area contributed by atoms with Gasteiger partial charge in [0.1, 0.15) is 5.82 Å². The summed E-state index contributed by atoms with van der Waals surface area (Å²) in [6.07, 6.45) is -0.148. The van der Waals surface area contributed by atoms with E-state index in [4.69, 9.17) is 11.6 Å². The van der Waals surface area contributed by atoms with Gasteiger partial charge in [0.15, 0.2) is 0 Å². The first-order valence-electron chi connectivity index (χ1n) is 8.18. The van der Waals surface area contributed by atoms with E-state index < -0.39 is 11.9 Å². The molecule has 6 heteroatoms. The molecule has 0 spiro atoms. The third-order valence-electron chi connectivity index (χ3n) is 4.55. The lowest BCUT2D eigenvalue weighted by atomic mass is 10.0. The predicted octanol–water partition coefficient (Wildman–Crippen LogP) is 4.58. The maximum Gasteiger partial charge on any atom is 0.411 e. The molecule has 1 saturated heterocycles. The number of hydrogen-bond acceptors (Lipinski definition) is 2. The van der Waals surface area contributed by atoms with Gasteiger partial charge in [-0.05, 0) is 61.8 Å². The van der Waals surface area contributed by atoms with Gasteiger partial charge in [-0.15, -0.1) is 0 Å². The number of hydrogen-bond donors (Lipinski definition) is 1. The lowest BCUT2D eigenvalue weighted by Crippen LogP contribution is -2.35. The highest BCUT2D eigenvalue weighted by molar-refractivity contribution is 6.30. The fourth-order valence-electron chi connectivity index (χ4n) is 3.34. The van der Waals surface area contributed by atoms with Gasteiger partial charge >= 0.3 is 6.09 Å². The van der Waals surface area contributed by atoms with Crippen molar-refractivity contribution < 1.29 is 14.3 Å². The molecule has 0 aromatic heterocycles. The Labute approximate surface area is 151 Å². The van der Waals surface area contributed by atoms with E-state index in [0.29, 0.717) is 22.8 Å². The summed E-state index contributed by atoms with van der Waals surface area (Å²) in [6.45, 7) is 2.13. The zero-order valence-electron chi connectivity index (χ0n) is 14.0. The first-order valence-corrected chi connectivity index (χ1v) is 8.56. The summed E-state index contributed by atoms with van der Waals surface area (Å²) in [5, 5.41) is 10.3. The van der Waals surface area contributed by atoms with Gasteiger partial charge < -0.3 is 10.0 Å². The molecule has 0 radical (unpaired) electrons. The molecule has 2 aromatic rings. The highest BCUT2D eigenvalue weighted by atomic mass is 35.5. The van der Waals surface area contributed by atoms with E-state index in [1.807, 2.05) is 13.1 Å². The molecule has 1 aliphatic heterocycles. The van der Waals surface area contributed by atoms with Crippen molar-refractivity contribution in [1.82, 2.24) is 4.90 Å². The van der Waals surface area contributed by atoms with Gasteiger partial charge in [0, 0.05) is 23.7 Å². The van der Waals surface area contributed by atoms with E-state index in [1.165, 1.54) is 17.0 Å². The summed E-state index contributed by atoms with van der Waals surface area (Å²) in [5.41, 5.74) is 1.76. The van der Waals surface area contributed by atoms with E-state index in [9.17, 15) is 14.3 Å². The molecule has 1 atom stereocenters. The van der Waals surface area contributed by atoms with Crippen LogP contribution in [0.2, 0.25) is 5.02 Å². The van der Waals surface area contributed by atoms with E-state index in [0.717, 1.165) is 25.1 Å². The summed E-state index contributed by atoms with van der Waals surface area (Å²) in [6, 6.07) is 11.4. The second-order valence-corrected chi connectivity index (χ2v) is 6.92. The second-order valence-electron chi connectivity index (χ2n) is 6.48. The summed E-state index contributed by atoms with van der Waals surface area (Å²) in [5.74, 6) is -0.229. The molecular weight excluding hydrogens is 343 g/mol. The standard InChI is InChI=1S/C19H20ClFN2O2/c1-22-8-7-13(11-22)12-23(19(24)25)18-10-16(21)5-6-17(18)14-3-2-4-15(20)9-14/h2-6,9-10,13H,7-8,11-12H2,1H3,(H,24,25)/t13-/m1/s1. The zero-order chi connectivity index (χ0) is 18.0. The Balaban J connectivity index is 2.00. The number of amides is 1. The van der Waals surface area contributed by atoms with Crippen LogP contribution in [0.3, 0.4) is 0 Å². The number of nitrogens with zero attached hydrogens (tertiary/aromatic N) is 2. The number of likely N-dealkylation sites (tertiary alicyclic amines) is 1. The molecule has 1 amide bonds. The molecule has 4 nitrogen and oxygen atoms in total. The van der Waals surface area contributed by atoms with Gasteiger partial charge in [-0.2, -0.15) is 0 Å². The van der Waals surface area contributed by atoms with E-state index in [2.05, 4.69) is 4.90 Å². The number of benzene rings is 2. The Hall–Kier alpha value is -2.11. The molecule has 0 bridgehead atoms. The van der Waals surface area contributed by atoms with Crippen LogP contribution >= 0.6 is 11.6 Å². The summed E-state index contributed by atoms with van der Waals surface area (Å²) < 4.78 is 13.9. The van der Waals surface area contributed by atoms with Crippen LogP contribution < -0.4 is 4.90 Å². The number of anilines is 1. The van der Waals surface area contributed by atoms with Crippen LogP contribution in [0.1, 0.15) is 6.42 Å². The van der Waals surface area contributed by atoms with Crippen molar-refractivity contribution in [3.63, 3.8) is 0 Å². The highest BCUT2D eigenvalue weighted by Crippen LogP contribution is 2.34. The third-order valence-corrected chi connectivity index (χ3v) is 4.78. The van der Waals surface area contributed by atoms with E-state index >= 15 is 0 Å². The number of carbonyl (C=O) groups is 1. The Morgan fingerprint density at radius 2 is 2.16 bits per heavy atom. The van der Waals surface area contributed by atoms with Crippen molar-refractivity contribution in [1.29, 1.82) is 0 Å². The summed E-state index contributed by atoms with van der Waals surface area (Å²) >= 11 is 6.06. The molecule has 1 fully saturated rings. The molecule has 1 heterocycles. The zero-order valence-corrected chi connectivity index (χ0v) is 14.7. The Kier molecular flexibility index (Phi) is 5.25. The monoisotopic (exact) mass is 362 g/mol. The van der Waals surface area contributed by atoms with Crippen molar-refractivity contribution in [2.45, 2.75) is 6.42 Å². The first-order chi connectivity index (χ1) is 11.9. The van der Waals surface area contributed by atoms with Crippen LogP contribution in [0.4, 0.5) is 14.9 Å². The van der Waals surface area contributed by atoms with Crippen LogP contribution in [-0.2, 0) is 0 Å². The van der Waals surface area contributed by atoms with Crippen molar-refractivity contribution in [3.05, 3.63) is 53.3 Å². The van der Waals surface area contributed by atoms with Crippen molar-refractivity contribution in [2.24, 2.45) is 5.92 Å². The normalized spacial score (nSPS) is 17.6. The van der Waals surface area contributed by atoms with Crippen molar-refractivity contribution >= 4 is 23.4 Å². The highest BCUT2D eigenvalue weighted by Gasteiger charge is 2.27. The fraction of sp³-hybridized carbons (Fsp3) is 0.316. The van der Waals surface area contributed by atoms with Gasteiger partial charge in [-0.1, -0.05) is 23.7 Å². The van der Waals surface area contributed by atoms with Crippen molar-refractivity contribution in [2.75, 3.05) is 31.6 Å². The topological polar surface area (TPSA) is 43.8 Å². The van der Waals surface area contributed by atoms with Crippen LogP contribution in [0.5, 0.6) is 0 Å². The molecule has 1 aliphatic rings. The second kappa shape index (κ2) is 7.42. The van der Waals surface area contributed by atoms with Gasteiger partial charge in [-0.3, -0.25) is 4.90 Å². The maximum absolute atomic E-state index is 13.9. The lowest BCUT2D eigenvalue weighted by Gasteiger charge is -2.25. The molecule has 0 aliphatic carbocycles. The number of rotatable bonds is 4. The Morgan fingerprint density at radius 1 is 1.36 bits per heavy atom. The van der Waals surface area contributed by atoms with Gasteiger partial charge in [0.25, 0.3) is 0 Å². The van der Waals surface area contributed by atoms with E-state index in [-0.39, 0.29) is 5.92 Å². The van der Waals surface area contributed by atoms with Crippen LogP contribution in [0, 0.1) is 11.7 Å². The summed E-state index contributed by atoms with van der Waals surface area (Å²) in [4.78, 5) is 15.3. The Morgan fingerprint density at radius 3 is 2.80 bits per heavy atom. The molecular formula is C19H20ClFN2O2. The quantitative estimate of drug-likeness (QED) is 0.865. The molecule has 25 heavy (non-hydrogen) atoms. The molecule has 3 rings (SSSR count). The van der Waals surface area contributed by atoms with Gasteiger partial charge in [-0.25, -0.2) is 9.18 Å². The molecule has 0 saturated carbocycles. The van der Waals surface area contributed by atoms with E-state index in [1.54, 1.807) is 24.3 Å². The summed E-state index contributed by atoms with van der Waals surface area (Å²) in [7, 11) is 2.02. The van der Waals surface area contributed by atoms with Crippen molar-refractivity contribution in [3.8, 4) is 11.1 Å². The third kappa shape index (κ3) is 4.11. The van der Waals surface area contributed by atoms with Crippen LogP contribution in [0.15, 0.2) is 42.5 Å². The average Bonchev–Trinajstić information content (AvgIpc) is 2.97. The van der Waals surface area contributed by atoms with Gasteiger partial charge in [0.2, 0.25) is 0 Å². The van der Waals surface area contributed by atoms with Gasteiger partial charge in [0.05, 0.1) is 5.69 Å². The lowest BCUT2D eigenvalue weighted by molar-refractivity contribution is 0.200. The predicted molar refractivity (Wildman–Crippen MR) is 97.8 cm³/mol. The average molecular weight is 363 g/mol.